The molecule has 0 amide bonds. The second kappa shape index (κ2) is 9.23. The van der Waals surface area contributed by atoms with Crippen LogP contribution in [0.3, 0.4) is 0 Å². The van der Waals surface area contributed by atoms with Gasteiger partial charge in [-0.05, 0) is 55.7 Å². The molecule has 0 spiro atoms. The fraction of sp³-hybridized carbons (Fsp3) is 0.562. The van der Waals surface area contributed by atoms with Crippen LogP contribution >= 0.6 is 23.8 Å². The highest BCUT2D eigenvalue weighted by Gasteiger charge is 2.12. The van der Waals surface area contributed by atoms with Gasteiger partial charge >= 0.3 is 0 Å². The smallest absolute Gasteiger partial charge is 0.170 e. The average Bonchev–Trinajstić information content (AvgIpc) is 2.50. The number of halogens is 1. The van der Waals surface area contributed by atoms with E-state index in [1.807, 2.05) is 24.3 Å². The van der Waals surface area contributed by atoms with Crippen LogP contribution in [0.25, 0.3) is 0 Å². The van der Waals surface area contributed by atoms with Crippen molar-refractivity contribution in [3.05, 3.63) is 29.3 Å². The summed E-state index contributed by atoms with van der Waals surface area (Å²) < 4.78 is 5.88. The first-order chi connectivity index (χ1) is 10.2. The molecule has 1 saturated carbocycles. The van der Waals surface area contributed by atoms with Crippen LogP contribution in [0.15, 0.2) is 24.3 Å². The van der Waals surface area contributed by atoms with Crippen LogP contribution in [0, 0.1) is 0 Å². The van der Waals surface area contributed by atoms with Crippen LogP contribution in [0.4, 0.5) is 5.69 Å². The van der Waals surface area contributed by atoms with Crippen molar-refractivity contribution >= 4 is 34.6 Å². The molecule has 116 valence electrons. The third kappa shape index (κ3) is 6.64. The van der Waals surface area contributed by atoms with E-state index in [1.165, 1.54) is 32.1 Å². The maximum atomic E-state index is 5.88. The van der Waals surface area contributed by atoms with E-state index in [9.17, 15) is 0 Å². The van der Waals surface area contributed by atoms with Gasteiger partial charge in [-0.1, -0.05) is 30.9 Å². The molecule has 0 atom stereocenters. The largest absolute Gasteiger partial charge is 0.378 e. The Morgan fingerprint density at radius 1 is 1.19 bits per heavy atom. The van der Waals surface area contributed by atoms with Crippen molar-refractivity contribution in [2.45, 2.75) is 44.6 Å². The first-order valence-electron chi connectivity index (χ1n) is 7.66. The third-order valence-corrected chi connectivity index (χ3v) is 4.11. The van der Waals surface area contributed by atoms with Crippen molar-refractivity contribution in [2.24, 2.45) is 0 Å². The standard InChI is InChI=1S/C16H23ClN2OS/c17-13-7-9-14(10-8-13)19-16(21)18-11-4-12-20-15-5-2-1-3-6-15/h7-10,15H,1-6,11-12H2,(H2,18,19,21). The van der Waals surface area contributed by atoms with Gasteiger partial charge in [0.15, 0.2) is 5.11 Å². The van der Waals surface area contributed by atoms with Gasteiger partial charge in [0.25, 0.3) is 0 Å². The number of hydrogen-bond acceptors (Lipinski definition) is 2. The summed E-state index contributed by atoms with van der Waals surface area (Å²) in [7, 11) is 0. The Morgan fingerprint density at radius 2 is 1.90 bits per heavy atom. The quantitative estimate of drug-likeness (QED) is 0.601. The molecule has 0 bridgehead atoms. The van der Waals surface area contributed by atoms with Gasteiger partial charge in [0.05, 0.1) is 6.10 Å². The predicted octanol–water partition coefficient (Wildman–Crippen LogP) is 4.37. The Kier molecular flexibility index (Phi) is 7.27. The predicted molar refractivity (Wildman–Crippen MR) is 93.1 cm³/mol. The molecule has 0 aliphatic heterocycles. The highest BCUT2D eigenvalue weighted by molar-refractivity contribution is 7.80. The van der Waals surface area contributed by atoms with Crippen molar-refractivity contribution < 1.29 is 4.74 Å². The fourth-order valence-electron chi connectivity index (χ4n) is 2.46. The molecule has 0 saturated heterocycles. The topological polar surface area (TPSA) is 33.3 Å². The molecule has 0 heterocycles. The zero-order valence-electron chi connectivity index (χ0n) is 12.2. The third-order valence-electron chi connectivity index (χ3n) is 3.61. The first-order valence-corrected chi connectivity index (χ1v) is 8.45. The van der Waals surface area contributed by atoms with Crippen LogP contribution in [0.2, 0.25) is 5.02 Å². The molecule has 1 aromatic rings. The Hall–Kier alpha value is -0.840. The van der Waals surface area contributed by atoms with Crippen LogP contribution in [0.1, 0.15) is 38.5 Å². The number of ether oxygens (including phenoxy) is 1. The maximum Gasteiger partial charge on any atom is 0.170 e. The van der Waals surface area contributed by atoms with E-state index in [1.54, 1.807) is 0 Å². The van der Waals surface area contributed by atoms with E-state index in [0.29, 0.717) is 11.2 Å². The Labute approximate surface area is 137 Å². The zero-order valence-corrected chi connectivity index (χ0v) is 13.8. The van der Waals surface area contributed by atoms with Gasteiger partial charge in [0.1, 0.15) is 0 Å². The Balaban J connectivity index is 1.53. The van der Waals surface area contributed by atoms with Crippen LogP contribution in [-0.4, -0.2) is 24.4 Å². The zero-order chi connectivity index (χ0) is 14.9. The van der Waals surface area contributed by atoms with Crippen molar-refractivity contribution in [3.63, 3.8) is 0 Å². The Morgan fingerprint density at radius 3 is 2.62 bits per heavy atom. The van der Waals surface area contributed by atoms with E-state index in [2.05, 4.69) is 10.6 Å². The fourth-order valence-corrected chi connectivity index (χ4v) is 2.81. The molecule has 1 fully saturated rings. The van der Waals surface area contributed by atoms with Crippen molar-refractivity contribution in [3.8, 4) is 0 Å². The molecule has 1 aromatic carbocycles. The number of benzene rings is 1. The van der Waals surface area contributed by atoms with E-state index in [4.69, 9.17) is 28.6 Å². The number of hydrogen-bond donors (Lipinski definition) is 2. The normalized spacial score (nSPS) is 15.7. The summed E-state index contributed by atoms with van der Waals surface area (Å²) in [4.78, 5) is 0. The van der Waals surface area contributed by atoms with Crippen LogP contribution in [-0.2, 0) is 4.74 Å². The minimum atomic E-state index is 0.484. The highest BCUT2D eigenvalue weighted by atomic mass is 35.5. The summed E-state index contributed by atoms with van der Waals surface area (Å²) in [5.74, 6) is 0. The van der Waals surface area contributed by atoms with E-state index >= 15 is 0 Å². The lowest BCUT2D eigenvalue weighted by Gasteiger charge is -2.22. The highest BCUT2D eigenvalue weighted by Crippen LogP contribution is 2.20. The molecule has 0 radical (unpaired) electrons. The monoisotopic (exact) mass is 326 g/mol. The molecule has 21 heavy (non-hydrogen) atoms. The summed E-state index contributed by atoms with van der Waals surface area (Å²) in [6.45, 7) is 1.63. The molecule has 3 nitrogen and oxygen atoms in total. The lowest BCUT2D eigenvalue weighted by Crippen LogP contribution is -2.30. The summed E-state index contributed by atoms with van der Waals surface area (Å²) >= 11 is 11.1. The number of thiocarbonyl (C=S) groups is 1. The molecule has 5 heteroatoms. The van der Waals surface area contributed by atoms with Gasteiger partial charge in [-0.15, -0.1) is 0 Å². The molecule has 0 aromatic heterocycles. The molecule has 1 aliphatic rings. The average molecular weight is 327 g/mol. The Bertz CT molecular complexity index is 432. The van der Waals surface area contributed by atoms with Gasteiger partial charge in [-0.2, -0.15) is 0 Å². The van der Waals surface area contributed by atoms with Gasteiger partial charge in [-0.25, -0.2) is 0 Å². The summed E-state index contributed by atoms with van der Waals surface area (Å²) in [5, 5.41) is 7.68. The van der Waals surface area contributed by atoms with Crippen LogP contribution in [0.5, 0.6) is 0 Å². The summed E-state index contributed by atoms with van der Waals surface area (Å²) in [5.41, 5.74) is 0.940. The van der Waals surface area contributed by atoms with E-state index < -0.39 is 0 Å². The minimum absolute atomic E-state index is 0.484. The number of anilines is 1. The van der Waals surface area contributed by atoms with Gasteiger partial charge in [0, 0.05) is 23.9 Å². The molecule has 1 aliphatic carbocycles. The SMILES string of the molecule is S=C(NCCCOC1CCCCC1)Nc1ccc(Cl)cc1. The van der Waals surface area contributed by atoms with Crippen molar-refractivity contribution in [2.75, 3.05) is 18.5 Å². The minimum Gasteiger partial charge on any atom is -0.378 e. The summed E-state index contributed by atoms with van der Waals surface area (Å²) in [6, 6.07) is 7.49. The number of rotatable bonds is 6. The summed E-state index contributed by atoms with van der Waals surface area (Å²) in [6.07, 6.45) is 7.91. The lowest BCUT2D eigenvalue weighted by atomic mass is 9.98. The maximum absolute atomic E-state index is 5.88. The van der Waals surface area contributed by atoms with Gasteiger partial charge in [0.2, 0.25) is 0 Å². The first kappa shape index (κ1) is 16.5. The second-order valence-electron chi connectivity index (χ2n) is 5.37. The lowest BCUT2D eigenvalue weighted by molar-refractivity contribution is 0.0277. The van der Waals surface area contributed by atoms with Gasteiger partial charge < -0.3 is 15.4 Å². The number of nitrogens with one attached hydrogen (secondary N) is 2. The second-order valence-corrected chi connectivity index (χ2v) is 6.22. The van der Waals surface area contributed by atoms with Crippen molar-refractivity contribution in [1.29, 1.82) is 0 Å². The van der Waals surface area contributed by atoms with Crippen LogP contribution < -0.4 is 10.6 Å². The van der Waals surface area contributed by atoms with Gasteiger partial charge in [-0.3, -0.25) is 0 Å². The van der Waals surface area contributed by atoms with Crippen molar-refractivity contribution in [1.82, 2.24) is 5.32 Å². The van der Waals surface area contributed by atoms with E-state index in [0.717, 1.165) is 30.3 Å². The molecule has 2 rings (SSSR count). The molecular weight excluding hydrogens is 304 g/mol. The molecular formula is C16H23ClN2OS. The molecule has 2 N–H and O–H groups in total. The van der Waals surface area contributed by atoms with E-state index in [-0.39, 0.29) is 0 Å². The molecule has 0 unspecified atom stereocenters.